The first-order chi connectivity index (χ1) is 10.5. The van der Waals surface area contributed by atoms with Crippen molar-refractivity contribution in [1.82, 2.24) is 4.90 Å². The number of benzene rings is 1. The predicted octanol–water partition coefficient (Wildman–Crippen LogP) is 1.97. The molecule has 1 saturated heterocycles. The first kappa shape index (κ1) is 14.5. The number of Topliss-reactive ketones (excluding diaryl/α,β-unsaturated/α-hetero) is 1. The predicted molar refractivity (Wildman–Crippen MR) is 79.9 cm³/mol. The standard InChI is InChI=1S/C15H17N3O4/c19-12-5-7-17(8-6-12)15(20)10-1-4-13(16-11-2-3-11)14(9-10)18(21)22/h1,4,9,11,16H,2-3,5-8H2. The van der Waals surface area contributed by atoms with Crippen LogP contribution in [0.4, 0.5) is 11.4 Å². The van der Waals surface area contributed by atoms with Crippen molar-refractivity contribution in [3.05, 3.63) is 33.9 Å². The molecule has 1 N–H and O–H groups in total. The fourth-order valence-corrected chi connectivity index (χ4v) is 2.53. The van der Waals surface area contributed by atoms with E-state index in [0.29, 0.717) is 43.2 Å². The summed E-state index contributed by atoms with van der Waals surface area (Å²) in [6.45, 7) is 0.765. The lowest BCUT2D eigenvalue weighted by Crippen LogP contribution is -2.38. The lowest BCUT2D eigenvalue weighted by molar-refractivity contribution is -0.384. The van der Waals surface area contributed by atoms with Crippen LogP contribution in [0.5, 0.6) is 0 Å². The van der Waals surface area contributed by atoms with E-state index in [1.165, 1.54) is 6.07 Å². The maximum atomic E-state index is 12.4. The minimum absolute atomic E-state index is 0.0779. The number of piperidine rings is 1. The van der Waals surface area contributed by atoms with Gasteiger partial charge in [-0.3, -0.25) is 19.7 Å². The zero-order valence-corrected chi connectivity index (χ0v) is 12.1. The van der Waals surface area contributed by atoms with Gasteiger partial charge in [0.25, 0.3) is 11.6 Å². The van der Waals surface area contributed by atoms with Crippen molar-refractivity contribution in [3.8, 4) is 0 Å². The SMILES string of the molecule is O=C1CCN(C(=O)c2ccc(NC3CC3)c([N+](=O)[O-])c2)CC1. The van der Waals surface area contributed by atoms with Crippen LogP contribution in [0, 0.1) is 10.1 Å². The van der Waals surface area contributed by atoms with Crippen molar-refractivity contribution >= 4 is 23.1 Å². The van der Waals surface area contributed by atoms with Crippen molar-refractivity contribution in [2.75, 3.05) is 18.4 Å². The third-order valence-corrected chi connectivity index (χ3v) is 3.99. The highest BCUT2D eigenvalue weighted by molar-refractivity contribution is 5.96. The van der Waals surface area contributed by atoms with Gasteiger partial charge in [-0.05, 0) is 25.0 Å². The van der Waals surface area contributed by atoms with Gasteiger partial charge in [-0.15, -0.1) is 0 Å². The quantitative estimate of drug-likeness (QED) is 0.678. The number of nitro benzene ring substituents is 1. The summed E-state index contributed by atoms with van der Waals surface area (Å²) in [5.41, 5.74) is 0.672. The fourth-order valence-electron chi connectivity index (χ4n) is 2.53. The molecule has 0 radical (unpaired) electrons. The molecule has 116 valence electrons. The van der Waals surface area contributed by atoms with Crippen LogP contribution in [0.25, 0.3) is 0 Å². The van der Waals surface area contributed by atoms with E-state index in [4.69, 9.17) is 0 Å². The van der Waals surface area contributed by atoms with E-state index in [0.717, 1.165) is 12.8 Å². The lowest BCUT2D eigenvalue weighted by Gasteiger charge is -2.26. The van der Waals surface area contributed by atoms with Gasteiger partial charge in [0.2, 0.25) is 0 Å². The number of carbonyl (C=O) groups is 2. The molecule has 0 aromatic heterocycles. The zero-order chi connectivity index (χ0) is 15.7. The van der Waals surface area contributed by atoms with Crippen LogP contribution in [0.1, 0.15) is 36.0 Å². The van der Waals surface area contributed by atoms with Crippen LogP contribution < -0.4 is 5.32 Å². The number of ketones is 1. The Balaban J connectivity index is 1.80. The molecule has 22 heavy (non-hydrogen) atoms. The summed E-state index contributed by atoms with van der Waals surface area (Å²) >= 11 is 0. The highest BCUT2D eigenvalue weighted by Crippen LogP contribution is 2.31. The van der Waals surface area contributed by atoms with Crippen LogP contribution in [0.15, 0.2) is 18.2 Å². The molecule has 3 rings (SSSR count). The maximum absolute atomic E-state index is 12.4. The Morgan fingerprint density at radius 3 is 2.55 bits per heavy atom. The van der Waals surface area contributed by atoms with E-state index in [9.17, 15) is 19.7 Å². The van der Waals surface area contributed by atoms with Crippen LogP contribution in [0.3, 0.4) is 0 Å². The molecule has 1 heterocycles. The molecule has 0 atom stereocenters. The highest BCUT2D eigenvalue weighted by atomic mass is 16.6. The first-order valence-corrected chi connectivity index (χ1v) is 7.40. The van der Waals surface area contributed by atoms with Crippen LogP contribution >= 0.6 is 0 Å². The third-order valence-electron chi connectivity index (χ3n) is 3.99. The average molecular weight is 303 g/mol. The van der Waals surface area contributed by atoms with Crippen molar-refractivity contribution < 1.29 is 14.5 Å². The summed E-state index contributed by atoms with van der Waals surface area (Å²) in [5, 5.41) is 14.3. The summed E-state index contributed by atoms with van der Waals surface area (Å²) in [6, 6.07) is 4.83. The van der Waals surface area contributed by atoms with E-state index in [1.54, 1.807) is 17.0 Å². The molecule has 0 bridgehead atoms. The largest absolute Gasteiger partial charge is 0.377 e. The molecule has 7 nitrogen and oxygen atoms in total. The molecule has 2 fully saturated rings. The number of nitro groups is 1. The molecular weight excluding hydrogens is 286 g/mol. The Bertz CT molecular complexity index is 630. The number of carbonyl (C=O) groups excluding carboxylic acids is 2. The van der Waals surface area contributed by atoms with Crippen LogP contribution in [-0.4, -0.2) is 40.6 Å². The Labute approximate surface area is 127 Å². The Hall–Kier alpha value is -2.44. The number of anilines is 1. The number of rotatable bonds is 4. The Kier molecular flexibility index (Phi) is 3.79. The number of amides is 1. The molecule has 1 aliphatic carbocycles. The van der Waals surface area contributed by atoms with Crippen LogP contribution in [0.2, 0.25) is 0 Å². The van der Waals surface area contributed by atoms with Gasteiger partial charge in [-0.2, -0.15) is 0 Å². The molecule has 0 spiro atoms. The smallest absolute Gasteiger partial charge is 0.293 e. The first-order valence-electron chi connectivity index (χ1n) is 7.40. The summed E-state index contributed by atoms with van der Waals surface area (Å²) in [5.74, 6) is -0.104. The van der Waals surface area contributed by atoms with E-state index in [-0.39, 0.29) is 17.4 Å². The third kappa shape index (κ3) is 3.08. The van der Waals surface area contributed by atoms with E-state index < -0.39 is 4.92 Å². The van der Waals surface area contributed by atoms with Gasteiger partial charge >= 0.3 is 0 Å². The van der Waals surface area contributed by atoms with E-state index >= 15 is 0 Å². The molecular formula is C15H17N3O4. The number of hydrogen-bond donors (Lipinski definition) is 1. The average Bonchev–Trinajstić information content (AvgIpc) is 3.31. The Morgan fingerprint density at radius 1 is 1.27 bits per heavy atom. The molecule has 0 unspecified atom stereocenters. The van der Waals surface area contributed by atoms with Crippen molar-refractivity contribution in [1.29, 1.82) is 0 Å². The second-order valence-electron chi connectivity index (χ2n) is 5.74. The molecule has 1 amide bonds. The summed E-state index contributed by atoms with van der Waals surface area (Å²) < 4.78 is 0. The topological polar surface area (TPSA) is 92.6 Å². The van der Waals surface area contributed by atoms with Crippen LogP contribution in [-0.2, 0) is 4.79 Å². The van der Waals surface area contributed by atoms with E-state index in [1.807, 2.05) is 0 Å². The van der Waals surface area contributed by atoms with Crippen molar-refractivity contribution in [2.24, 2.45) is 0 Å². The van der Waals surface area contributed by atoms with Crippen molar-refractivity contribution in [2.45, 2.75) is 31.7 Å². The lowest BCUT2D eigenvalue weighted by atomic mass is 10.1. The number of likely N-dealkylation sites (tertiary alicyclic amines) is 1. The summed E-state index contributed by atoms with van der Waals surface area (Å²) in [6.07, 6.45) is 2.74. The van der Waals surface area contributed by atoms with Gasteiger partial charge in [0.15, 0.2) is 0 Å². The molecule has 1 saturated carbocycles. The highest BCUT2D eigenvalue weighted by Gasteiger charge is 2.27. The molecule has 7 heteroatoms. The van der Waals surface area contributed by atoms with Gasteiger partial charge in [0, 0.05) is 43.6 Å². The van der Waals surface area contributed by atoms with Gasteiger partial charge < -0.3 is 10.2 Å². The summed E-state index contributed by atoms with van der Waals surface area (Å²) in [4.78, 5) is 35.9. The maximum Gasteiger partial charge on any atom is 0.293 e. The van der Waals surface area contributed by atoms with E-state index in [2.05, 4.69) is 5.32 Å². The Morgan fingerprint density at radius 2 is 1.95 bits per heavy atom. The zero-order valence-electron chi connectivity index (χ0n) is 12.1. The normalized spacial score (nSPS) is 18.2. The monoisotopic (exact) mass is 303 g/mol. The molecule has 1 aliphatic heterocycles. The summed E-state index contributed by atoms with van der Waals surface area (Å²) in [7, 11) is 0. The van der Waals surface area contributed by atoms with Gasteiger partial charge in [-0.1, -0.05) is 0 Å². The van der Waals surface area contributed by atoms with Crippen molar-refractivity contribution in [3.63, 3.8) is 0 Å². The number of nitrogens with zero attached hydrogens (tertiary/aromatic N) is 2. The minimum Gasteiger partial charge on any atom is -0.377 e. The molecule has 1 aromatic carbocycles. The molecule has 2 aliphatic rings. The number of nitrogens with one attached hydrogen (secondary N) is 1. The van der Waals surface area contributed by atoms with Gasteiger partial charge in [-0.25, -0.2) is 0 Å². The second-order valence-corrected chi connectivity index (χ2v) is 5.74. The second kappa shape index (κ2) is 5.75. The van der Waals surface area contributed by atoms with Gasteiger partial charge in [0.1, 0.15) is 11.5 Å². The fraction of sp³-hybridized carbons (Fsp3) is 0.467. The minimum atomic E-state index is -0.471. The molecule has 1 aromatic rings. The van der Waals surface area contributed by atoms with Gasteiger partial charge in [0.05, 0.1) is 4.92 Å². The number of hydrogen-bond acceptors (Lipinski definition) is 5.